The third-order valence-corrected chi connectivity index (χ3v) is 5.27. The molecule has 1 aliphatic heterocycles. The second-order valence-electron chi connectivity index (χ2n) is 7.85. The van der Waals surface area contributed by atoms with Gasteiger partial charge in [0, 0.05) is 24.6 Å². The Balaban J connectivity index is 1.46. The number of nitro benzene ring substituents is 1. The van der Waals surface area contributed by atoms with Crippen molar-refractivity contribution in [3.05, 3.63) is 93.5 Å². The largest absolute Gasteiger partial charge is 0.427 e. The lowest BCUT2D eigenvalue weighted by Crippen LogP contribution is -2.37. The molecule has 0 aromatic heterocycles. The van der Waals surface area contributed by atoms with E-state index in [1.54, 1.807) is 12.1 Å². The van der Waals surface area contributed by atoms with E-state index in [9.17, 15) is 34.1 Å². The molecular weight excluding hydrogens is 484 g/mol. The quantitative estimate of drug-likeness (QED) is 0.164. The van der Waals surface area contributed by atoms with E-state index >= 15 is 0 Å². The average molecular weight is 502 g/mol. The number of carbonyl (C=O) groups excluding carboxylic acids is 5. The number of nitro groups is 1. The molecule has 0 unspecified atom stereocenters. The number of hydrogen-bond acceptors (Lipinski definition) is 8. The number of nitrogens with zero attached hydrogens (tertiary/aromatic N) is 2. The van der Waals surface area contributed by atoms with Crippen molar-refractivity contribution in [1.82, 2.24) is 4.90 Å². The van der Waals surface area contributed by atoms with E-state index in [0.717, 1.165) is 12.1 Å². The molecule has 0 radical (unpaired) electrons. The summed E-state index contributed by atoms with van der Waals surface area (Å²) in [6, 6.07) is 15.5. The lowest BCUT2D eigenvalue weighted by Gasteiger charge is -2.16. The van der Waals surface area contributed by atoms with Crippen molar-refractivity contribution in [3.63, 3.8) is 0 Å². The molecule has 12 heteroatoms. The van der Waals surface area contributed by atoms with E-state index in [-0.39, 0.29) is 39.5 Å². The van der Waals surface area contributed by atoms with Crippen LogP contribution in [0.2, 0.25) is 0 Å². The zero-order valence-electron chi connectivity index (χ0n) is 19.2. The maximum Gasteiger partial charge on any atom is 0.308 e. The van der Waals surface area contributed by atoms with E-state index in [4.69, 9.17) is 4.74 Å². The van der Waals surface area contributed by atoms with Gasteiger partial charge < -0.3 is 15.4 Å². The Morgan fingerprint density at radius 2 is 1.57 bits per heavy atom. The highest BCUT2D eigenvalue weighted by atomic mass is 16.6. The predicted molar refractivity (Wildman–Crippen MR) is 129 cm³/mol. The number of rotatable bonds is 7. The SMILES string of the molecule is CC(=O)Oc1cccc(C(=O)Nc2ccccc2NC(=O)CN2C(=O)c3ccc([N+](=O)[O-])cc3C2=O)c1. The van der Waals surface area contributed by atoms with Gasteiger partial charge in [0.05, 0.1) is 27.4 Å². The van der Waals surface area contributed by atoms with E-state index < -0.39 is 41.1 Å². The number of non-ortho nitro benzene ring substituents is 1. The van der Waals surface area contributed by atoms with Gasteiger partial charge in [0.15, 0.2) is 0 Å². The molecule has 186 valence electrons. The number of hydrogen-bond donors (Lipinski definition) is 2. The molecule has 1 aliphatic rings. The number of imide groups is 1. The van der Waals surface area contributed by atoms with E-state index in [2.05, 4.69) is 10.6 Å². The van der Waals surface area contributed by atoms with Crippen LogP contribution in [0.5, 0.6) is 5.75 Å². The first-order valence-electron chi connectivity index (χ1n) is 10.8. The van der Waals surface area contributed by atoms with Crippen LogP contribution in [0.4, 0.5) is 17.1 Å². The van der Waals surface area contributed by atoms with Crippen LogP contribution in [0.3, 0.4) is 0 Å². The summed E-state index contributed by atoms with van der Waals surface area (Å²) in [6.07, 6.45) is 0. The number of esters is 1. The van der Waals surface area contributed by atoms with Crippen molar-refractivity contribution >= 4 is 46.7 Å². The Bertz CT molecular complexity index is 1480. The van der Waals surface area contributed by atoms with Gasteiger partial charge in [-0.25, -0.2) is 0 Å². The third-order valence-electron chi connectivity index (χ3n) is 5.27. The highest BCUT2D eigenvalue weighted by molar-refractivity contribution is 6.23. The minimum absolute atomic E-state index is 0.0351. The monoisotopic (exact) mass is 502 g/mol. The smallest absolute Gasteiger partial charge is 0.308 e. The average Bonchev–Trinajstić information content (AvgIpc) is 3.09. The molecule has 0 atom stereocenters. The molecular formula is C25H18N4O8. The number of anilines is 2. The van der Waals surface area contributed by atoms with E-state index in [1.165, 1.54) is 49.4 Å². The Kier molecular flexibility index (Phi) is 6.73. The van der Waals surface area contributed by atoms with Crippen LogP contribution in [-0.4, -0.2) is 46.0 Å². The van der Waals surface area contributed by atoms with Gasteiger partial charge in [0.25, 0.3) is 23.4 Å². The van der Waals surface area contributed by atoms with Crippen LogP contribution in [-0.2, 0) is 9.59 Å². The molecule has 4 rings (SSSR count). The van der Waals surface area contributed by atoms with Gasteiger partial charge in [0.2, 0.25) is 5.91 Å². The molecule has 1 heterocycles. The summed E-state index contributed by atoms with van der Waals surface area (Å²) in [5.41, 5.74) is 0.0814. The first-order chi connectivity index (χ1) is 17.6. The first-order valence-corrected chi connectivity index (χ1v) is 10.8. The Morgan fingerprint density at radius 1 is 0.892 bits per heavy atom. The zero-order valence-corrected chi connectivity index (χ0v) is 19.2. The summed E-state index contributed by atoms with van der Waals surface area (Å²) in [6.45, 7) is 0.588. The van der Waals surface area contributed by atoms with Gasteiger partial charge in [-0.2, -0.15) is 0 Å². The standard InChI is InChI=1S/C25H18N4O8/c1-14(30)37-17-6-4-5-15(11-17)23(32)27-21-8-3-2-7-20(21)26-22(31)13-28-24(33)18-10-9-16(29(35)36)12-19(18)25(28)34/h2-12H,13H2,1H3,(H,26,31)(H,27,32). The van der Waals surface area contributed by atoms with Gasteiger partial charge in [-0.3, -0.25) is 39.0 Å². The summed E-state index contributed by atoms with van der Waals surface area (Å²) < 4.78 is 4.98. The predicted octanol–water partition coefficient (Wildman–Crippen LogP) is 3.01. The lowest BCUT2D eigenvalue weighted by atomic mass is 10.1. The maximum atomic E-state index is 12.7. The minimum Gasteiger partial charge on any atom is -0.427 e. The highest BCUT2D eigenvalue weighted by Crippen LogP contribution is 2.27. The summed E-state index contributed by atoms with van der Waals surface area (Å²) in [4.78, 5) is 72.9. The number of nitrogens with one attached hydrogen (secondary N) is 2. The van der Waals surface area contributed by atoms with Gasteiger partial charge >= 0.3 is 5.97 Å². The second kappa shape index (κ2) is 10.1. The zero-order chi connectivity index (χ0) is 26.7. The summed E-state index contributed by atoms with van der Waals surface area (Å²) in [5.74, 6) is -3.21. The fourth-order valence-corrected chi connectivity index (χ4v) is 3.63. The minimum atomic E-state index is -0.826. The molecule has 0 saturated heterocycles. The van der Waals surface area contributed by atoms with Crippen LogP contribution in [0.25, 0.3) is 0 Å². The molecule has 37 heavy (non-hydrogen) atoms. The second-order valence-corrected chi connectivity index (χ2v) is 7.85. The van der Waals surface area contributed by atoms with Crippen LogP contribution >= 0.6 is 0 Å². The number of fused-ring (bicyclic) bond motifs is 1. The van der Waals surface area contributed by atoms with E-state index in [0.29, 0.717) is 4.90 Å². The Hall–Kier alpha value is -5.39. The van der Waals surface area contributed by atoms with Crippen LogP contribution in [0.15, 0.2) is 66.7 Å². The van der Waals surface area contributed by atoms with Crippen LogP contribution < -0.4 is 15.4 Å². The summed E-state index contributed by atoms with van der Waals surface area (Å²) in [5, 5.41) is 16.2. The molecule has 3 aromatic carbocycles. The van der Waals surface area contributed by atoms with Crippen molar-refractivity contribution < 1.29 is 33.6 Å². The van der Waals surface area contributed by atoms with Crippen molar-refractivity contribution in [1.29, 1.82) is 0 Å². The van der Waals surface area contributed by atoms with Crippen LogP contribution in [0.1, 0.15) is 38.0 Å². The Labute approximate surface area is 209 Å². The Morgan fingerprint density at radius 3 is 2.24 bits per heavy atom. The molecule has 2 N–H and O–H groups in total. The van der Waals surface area contributed by atoms with Crippen molar-refractivity contribution in [2.24, 2.45) is 0 Å². The number of carbonyl (C=O) groups is 5. The summed E-state index contributed by atoms with van der Waals surface area (Å²) >= 11 is 0. The topological polar surface area (TPSA) is 165 Å². The van der Waals surface area contributed by atoms with Crippen molar-refractivity contribution in [3.8, 4) is 5.75 Å². The normalized spacial score (nSPS) is 12.1. The van der Waals surface area contributed by atoms with Gasteiger partial charge in [0.1, 0.15) is 12.3 Å². The fourth-order valence-electron chi connectivity index (χ4n) is 3.63. The molecule has 0 aliphatic carbocycles. The van der Waals surface area contributed by atoms with Gasteiger partial charge in [-0.05, 0) is 36.4 Å². The number of benzene rings is 3. The summed E-state index contributed by atoms with van der Waals surface area (Å²) in [7, 11) is 0. The van der Waals surface area contributed by atoms with Crippen molar-refractivity contribution in [2.75, 3.05) is 17.2 Å². The molecule has 4 amide bonds. The molecule has 12 nitrogen and oxygen atoms in total. The molecule has 0 saturated carbocycles. The lowest BCUT2D eigenvalue weighted by molar-refractivity contribution is -0.384. The molecule has 3 aromatic rings. The molecule has 0 spiro atoms. The number of para-hydroxylation sites is 2. The third kappa shape index (κ3) is 5.32. The fraction of sp³-hybridized carbons (Fsp3) is 0.0800. The number of amides is 4. The van der Waals surface area contributed by atoms with Gasteiger partial charge in [-0.1, -0.05) is 18.2 Å². The van der Waals surface area contributed by atoms with E-state index in [1.807, 2.05) is 0 Å². The highest BCUT2D eigenvalue weighted by Gasteiger charge is 2.37. The maximum absolute atomic E-state index is 12.7. The molecule has 0 bridgehead atoms. The van der Waals surface area contributed by atoms with Gasteiger partial charge in [-0.15, -0.1) is 0 Å². The molecule has 0 fully saturated rings. The van der Waals surface area contributed by atoms with Crippen LogP contribution in [0, 0.1) is 10.1 Å². The number of ether oxygens (including phenoxy) is 1. The van der Waals surface area contributed by atoms with Crippen molar-refractivity contribution in [2.45, 2.75) is 6.92 Å². The first kappa shape index (κ1) is 24.7.